The van der Waals surface area contributed by atoms with E-state index in [4.69, 9.17) is 27.9 Å². The molecule has 1 aliphatic rings. The second-order valence-electron chi connectivity index (χ2n) is 5.50. The van der Waals surface area contributed by atoms with E-state index in [0.717, 1.165) is 28.0 Å². The molecular formula is C19H15Cl2N2O2-. The summed E-state index contributed by atoms with van der Waals surface area (Å²) in [6.45, 7) is 4.23. The van der Waals surface area contributed by atoms with Crippen LogP contribution in [-0.4, -0.2) is 16.9 Å². The zero-order valence-corrected chi connectivity index (χ0v) is 15.0. The molecule has 1 heterocycles. The average Bonchev–Trinajstić information content (AvgIpc) is 2.62. The van der Waals surface area contributed by atoms with Crippen LogP contribution < -0.4 is 10.3 Å². The molecule has 1 aromatic heterocycles. The lowest BCUT2D eigenvalue weighted by Gasteiger charge is -2.22. The van der Waals surface area contributed by atoms with Gasteiger partial charge >= 0.3 is 0 Å². The number of benzene rings is 1. The molecule has 0 bridgehead atoms. The third-order valence-corrected chi connectivity index (χ3v) is 4.53. The summed E-state index contributed by atoms with van der Waals surface area (Å²) in [7, 11) is 1.62. The number of aromatic nitrogens is 2. The quantitative estimate of drug-likeness (QED) is 0.749. The molecule has 1 aromatic carbocycles. The summed E-state index contributed by atoms with van der Waals surface area (Å²) in [5, 5.41) is 4.15. The van der Waals surface area contributed by atoms with Crippen LogP contribution in [-0.2, 0) is 6.54 Å². The Labute approximate surface area is 155 Å². The van der Waals surface area contributed by atoms with E-state index in [1.165, 1.54) is 10.9 Å². The van der Waals surface area contributed by atoms with Crippen molar-refractivity contribution in [2.45, 2.75) is 6.54 Å². The number of allylic oxidation sites excluding steroid dienone is 5. The first-order valence-corrected chi connectivity index (χ1v) is 8.25. The van der Waals surface area contributed by atoms with Crippen molar-refractivity contribution in [3.05, 3.63) is 92.7 Å². The van der Waals surface area contributed by atoms with E-state index in [1.54, 1.807) is 7.11 Å². The maximum Gasteiger partial charge on any atom is 0.287 e. The highest BCUT2D eigenvalue weighted by molar-refractivity contribution is 6.41. The first-order valence-electron chi connectivity index (χ1n) is 7.50. The molecule has 0 radical (unpaired) electrons. The van der Waals surface area contributed by atoms with Crippen molar-refractivity contribution in [2.24, 2.45) is 0 Å². The molecule has 0 spiro atoms. The van der Waals surface area contributed by atoms with E-state index in [2.05, 4.69) is 11.7 Å². The van der Waals surface area contributed by atoms with Crippen LogP contribution >= 0.6 is 23.2 Å². The summed E-state index contributed by atoms with van der Waals surface area (Å²) in [4.78, 5) is 12.2. The van der Waals surface area contributed by atoms with Gasteiger partial charge in [-0.05, 0) is 11.6 Å². The van der Waals surface area contributed by atoms with Crippen LogP contribution in [0.25, 0.3) is 5.57 Å². The first kappa shape index (κ1) is 17.4. The van der Waals surface area contributed by atoms with Gasteiger partial charge in [0.05, 0.1) is 30.6 Å². The fraction of sp³-hybridized carbons (Fsp3) is 0.105. The summed E-state index contributed by atoms with van der Waals surface area (Å²) < 4.78 is 6.74. The van der Waals surface area contributed by atoms with Crippen molar-refractivity contribution >= 4 is 28.8 Å². The van der Waals surface area contributed by atoms with Crippen LogP contribution in [0.3, 0.4) is 0 Å². The van der Waals surface area contributed by atoms with Gasteiger partial charge in [-0.1, -0.05) is 40.9 Å². The highest BCUT2D eigenvalue weighted by Gasteiger charge is 2.10. The first-order chi connectivity index (χ1) is 12.0. The number of hydrogen-bond donors (Lipinski definition) is 0. The average molecular weight is 374 g/mol. The summed E-state index contributed by atoms with van der Waals surface area (Å²) in [6, 6.07) is 5.71. The van der Waals surface area contributed by atoms with Crippen molar-refractivity contribution in [3.8, 4) is 5.75 Å². The van der Waals surface area contributed by atoms with Gasteiger partial charge in [-0.15, -0.1) is 42.4 Å². The summed E-state index contributed by atoms with van der Waals surface area (Å²) in [6.07, 6.45) is 9.20. The zero-order valence-electron chi connectivity index (χ0n) is 13.5. The van der Waals surface area contributed by atoms with Gasteiger partial charge in [0.2, 0.25) is 0 Å². The van der Waals surface area contributed by atoms with Gasteiger partial charge in [-0.2, -0.15) is 5.10 Å². The molecule has 0 fully saturated rings. The summed E-state index contributed by atoms with van der Waals surface area (Å²) >= 11 is 11.7. The molecule has 0 atom stereocenters. The Morgan fingerprint density at radius 1 is 1.36 bits per heavy atom. The van der Waals surface area contributed by atoms with Gasteiger partial charge in [0.25, 0.3) is 5.56 Å². The highest BCUT2D eigenvalue weighted by Crippen LogP contribution is 2.32. The smallest absolute Gasteiger partial charge is 0.287 e. The lowest BCUT2D eigenvalue weighted by atomic mass is 9.94. The predicted molar refractivity (Wildman–Crippen MR) is 101 cm³/mol. The molecule has 0 amide bonds. The normalized spacial score (nSPS) is 13.4. The molecule has 0 N–H and O–H groups in total. The molecule has 25 heavy (non-hydrogen) atoms. The molecule has 6 heteroatoms. The van der Waals surface area contributed by atoms with Gasteiger partial charge < -0.3 is 4.74 Å². The fourth-order valence-corrected chi connectivity index (χ4v) is 2.82. The Kier molecular flexibility index (Phi) is 5.02. The Morgan fingerprint density at radius 2 is 2.16 bits per heavy atom. The molecule has 0 saturated heterocycles. The minimum atomic E-state index is -0.425. The van der Waals surface area contributed by atoms with Crippen LogP contribution in [0.15, 0.2) is 59.6 Å². The maximum absolute atomic E-state index is 12.2. The summed E-state index contributed by atoms with van der Waals surface area (Å²) in [5.74, 6) is 0.740. The molecule has 128 valence electrons. The third kappa shape index (κ3) is 3.65. The number of hydrogen-bond acceptors (Lipinski definition) is 3. The highest BCUT2D eigenvalue weighted by atomic mass is 35.5. The Balaban J connectivity index is 1.99. The van der Waals surface area contributed by atoms with Crippen LogP contribution in [0.1, 0.15) is 11.1 Å². The van der Waals surface area contributed by atoms with Gasteiger partial charge in [-0.25, -0.2) is 4.68 Å². The molecule has 3 rings (SSSR count). The van der Waals surface area contributed by atoms with Crippen LogP contribution in [0, 0.1) is 6.42 Å². The second kappa shape index (κ2) is 7.21. The predicted octanol–water partition coefficient (Wildman–Crippen LogP) is 4.32. The van der Waals surface area contributed by atoms with Crippen molar-refractivity contribution in [2.75, 3.05) is 7.11 Å². The van der Waals surface area contributed by atoms with Crippen molar-refractivity contribution in [1.82, 2.24) is 9.78 Å². The molecule has 0 unspecified atom stereocenters. The zero-order chi connectivity index (χ0) is 18.0. The number of rotatable bonds is 4. The monoisotopic (exact) mass is 373 g/mol. The maximum atomic E-state index is 12.2. The van der Waals surface area contributed by atoms with Crippen LogP contribution in [0.5, 0.6) is 5.75 Å². The van der Waals surface area contributed by atoms with Crippen LogP contribution in [0.4, 0.5) is 0 Å². The number of halogens is 2. The molecule has 0 aliphatic heterocycles. The number of nitrogens with zero attached hydrogens (tertiary/aromatic N) is 2. The van der Waals surface area contributed by atoms with Crippen molar-refractivity contribution in [3.63, 3.8) is 0 Å². The Hall–Kier alpha value is -2.43. The van der Waals surface area contributed by atoms with Gasteiger partial charge in [0.1, 0.15) is 5.02 Å². The minimum absolute atomic E-state index is 0.0323. The van der Waals surface area contributed by atoms with Gasteiger partial charge in [0.15, 0.2) is 0 Å². The van der Waals surface area contributed by atoms with Crippen molar-refractivity contribution in [1.29, 1.82) is 0 Å². The molecule has 1 aliphatic carbocycles. The Morgan fingerprint density at radius 3 is 2.88 bits per heavy atom. The SMILES string of the molecule is C=C1C=C[CH-]C(c2cc(Cn3ncc(Cl)c(Cl)c3=O)ccc2OC)=C1. The molecule has 0 saturated carbocycles. The van der Waals surface area contributed by atoms with Crippen molar-refractivity contribution < 1.29 is 4.74 Å². The lowest BCUT2D eigenvalue weighted by Crippen LogP contribution is -2.23. The lowest BCUT2D eigenvalue weighted by molar-refractivity contribution is 0.413. The molecular weight excluding hydrogens is 359 g/mol. The van der Waals surface area contributed by atoms with Gasteiger partial charge in [0, 0.05) is 0 Å². The van der Waals surface area contributed by atoms with E-state index >= 15 is 0 Å². The number of ether oxygens (including phenoxy) is 1. The van der Waals surface area contributed by atoms with E-state index in [1.807, 2.05) is 42.8 Å². The second-order valence-corrected chi connectivity index (χ2v) is 6.29. The molecule has 4 nitrogen and oxygen atoms in total. The minimum Gasteiger partial charge on any atom is -0.506 e. The Bertz CT molecular complexity index is 958. The summed E-state index contributed by atoms with van der Waals surface area (Å²) in [5.41, 5.74) is 3.27. The largest absolute Gasteiger partial charge is 0.506 e. The standard InChI is InChI=1S/C19H15Cl2N2O2/c1-12-4-3-5-14(8-12)15-9-13(6-7-17(15)25-2)11-23-19(24)18(21)16(20)10-22-23/h3-10H,1,11H2,2H3/q-1. The van der Waals surface area contributed by atoms with E-state index in [9.17, 15) is 4.79 Å². The van der Waals surface area contributed by atoms with E-state index in [-0.39, 0.29) is 16.6 Å². The molecule has 2 aromatic rings. The van der Waals surface area contributed by atoms with E-state index < -0.39 is 5.56 Å². The fourth-order valence-electron chi connectivity index (χ4n) is 2.55. The topological polar surface area (TPSA) is 44.1 Å². The number of methoxy groups -OCH3 is 1. The van der Waals surface area contributed by atoms with Crippen LogP contribution in [0.2, 0.25) is 10.0 Å². The van der Waals surface area contributed by atoms with Gasteiger partial charge in [-0.3, -0.25) is 4.79 Å². The van der Waals surface area contributed by atoms with E-state index in [0.29, 0.717) is 0 Å². The third-order valence-electron chi connectivity index (χ3n) is 3.78.